The Hall–Kier alpha value is -3.59. The molecule has 3 aliphatic rings. The minimum Gasteiger partial charge on any atom is -0.493 e. The smallest absolute Gasteiger partial charge is 0.168 e. The molecule has 0 bridgehead atoms. The molecule has 1 aliphatic heterocycles. The maximum absolute atomic E-state index is 5.60. The summed E-state index contributed by atoms with van der Waals surface area (Å²) in [5.74, 6) is 1.64. The van der Waals surface area contributed by atoms with E-state index in [0.29, 0.717) is 0 Å². The third kappa shape index (κ3) is 4.11. The SMILES string of the molecule is C1=Cc2ccccc2CC=N1.COc1ccc2c(c1OC)=CCc1c3c(ccc1=2)=CCCC3. The van der Waals surface area contributed by atoms with Crippen LogP contribution in [-0.4, -0.2) is 20.4 Å². The Morgan fingerprint density at radius 1 is 0.818 bits per heavy atom. The molecule has 6 rings (SSSR count). The van der Waals surface area contributed by atoms with E-state index in [1.165, 1.54) is 51.6 Å². The van der Waals surface area contributed by atoms with Crippen molar-refractivity contribution in [2.75, 3.05) is 14.2 Å². The number of ether oxygens (including phenoxy) is 2. The second-order valence-corrected chi connectivity index (χ2v) is 8.48. The van der Waals surface area contributed by atoms with Gasteiger partial charge in [-0.3, -0.25) is 4.99 Å². The molecule has 33 heavy (non-hydrogen) atoms. The van der Waals surface area contributed by atoms with Gasteiger partial charge in [-0.15, -0.1) is 0 Å². The Bertz CT molecular complexity index is 1460. The maximum Gasteiger partial charge on any atom is 0.168 e. The van der Waals surface area contributed by atoms with Crippen molar-refractivity contribution < 1.29 is 9.47 Å². The number of rotatable bonds is 2. The minimum atomic E-state index is 0.798. The van der Waals surface area contributed by atoms with E-state index in [-0.39, 0.29) is 0 Å². The van der Waals surface area contributed by atoms with Gasteiger partial charge < -0.3 is 9.47 Å². The van der Waals surface area contributed by atoms with Crippen molar-refractivity contribution >= 4 is 24.4 Å². The molecule has 3 nitrogen and oxygen atoms in total. The molecule has 0 saturated heterocycles. The van der Waals surface area contributed by atoms with Crippen molar-refractivity contribution in [3.63, 3.8) is 0 Å². The lowest BCUT2D eigenvalue weighted by molar-refractivity contribution is 0.352. The van der Waals surface area contributed by atoms with Crippen LogP contribution in [0.1, 0.15) is 35.1 Å². The lowest BCUT2D eigenvalue weighted by Crippen LogP contribution is -2.20. The van der Waals surface area contributed by atoms with Gasteiger partial charge in [0.25, 0.3) is 0 Å². The van der Waals surface area contributed by atoms with Crippen LogP contribution in [0.15, 0.2) is 59.7 Å². The van der Waals surface area contributed by atoms with E-state index in [4.69, 9.17) is 9.47 Å². The summed E-state index contributed by atoms with van der Waals surface area (Å²) in [5, 5.41) is 5.20. The summed E-state index contributed by atoms with van der Waals surface area (Å²) in [6.07, 6.45) is 16.1. The fourth-order valence-corrected chi connectivity index (χ4v) is 5.03. The van der Waals surface area contributed by atoms with Gasteiger partial charge in [-0.2, -0.15) is 0 Å². The molecule has 0 radical (unpaired) electrons. The highest BCUT2D eigenvalue weighted by atomic mass is 16.5. The predicted octanol–water partition coefficient (Wildman–Crippen LogP) is 4.73. The van der Waals surface area contributed by atoms with Crippen molar-refractivity contribution in [2.45, 2.75) is 32.1 Å². The van der Waals surface area contributed by atoms with Gasteiger partial charge in [0.05, 0.1) is 14.2 Å². The number of nitrogens with zero attached hydrogens (tertiary/aromatic N) is 1. The molecule has 3 aromatic rings. The number of hydrogen-bond donors (Lipinski definition) is 0. The molecule has 0 unspecified atom stereocenters. The molecule has 166 valence electrons. The molecule has 0 aromatic heterocycles. The zero-order valence-electron chi connectivity index (χ0n) is 19.3. The summed E-state index contributed by atoms with van der Waals surface area (Å²) >= 11 is 0. The van der Waals surface area contributed by atoms with Crippen LogP contribution in [0.4, 0.5) is 0 Å². The van der Waals surface area contributed by atoms with Gasteiger partial charge in [0.15, 0.2) is 11.5 Å². The number of aliphatic imine (C=N–C) groups is 1. The summed E-state index contributed by atoms with van der Waals surface area (Å²) < 4.78 is 11.0. The summed E-state index contributed by atoms with van der Waals surface area (Å²) in [4.78, 5) is 4.08. The Labute approximate surface area is 194 Å². The van der Waals surface area contributed by atoms with Crippen molar-refractivity contribution in [1.29, 1.82) is 0 Å². The summed E-state index contributed by atoms with van der Waals surface area (Å²) in [6, 6.07) is 17.1. The van der Waals surface area contributed by atoms with E-state index in [1.54, 1.807) is 19.8 Å². The first kappa shape index (κ1) is 21.3. The summed E-state index contributed by atoms with van der Waals surface area (Å²) in [7, 11) is 3.40. The Balaban J connectivity index is 0.000000174. The van der Waals surface area contributed by atoms with Crippen LogP contribution in [0.3, 0.4) is 0 Å². The molecule has 0 spiro atoms. The van der Waals surface area contributed by atoms with E-state index >= 15 is 0 Å². The average molecular weight is 436 g/mol. The zero-order chi connectivity index (χ0) is 22.6. The molecule has 0 atom stereocenters. The van der Waals surface area contributed by atoms with Crippen LogP contribution in [0, 0.1) is 10.4 Å². The van der Waals surface area contributed by atoms with Gasteiger partial charge in [0, 0.05) is 24.1 Å². The van der Waals surface area contributed by atoms with Crippen molar-refractivity contribution in [2.24, 2.45) is 4.99 Å². The first-order valence-corrected chi connectivity index (χ1v) is 11.6. The normalized spacial score (nSPS) is 14.6. The highest BCUT2D eigenvalue weighted by molar-refractivity contribution is 5.69. The van der Waals surface area contributed by atoms with Crippen LogP contribution >= 0.6 is 0 Å². The molecule has 0 fully saturated rings. The van der Waals surface area contributed by atoms with E-state index in [0.717, 1.165) is 29.6 Å². The van der Waals surface area contributed by atoms with Crippen molar-refractivity contribution in [1.82, 2.24) is 0 Å². The van der Waals surface area contributed by atoms with Crippen LogP contribution < -0.4 is 19.9 Å². The van der Waals surface area contributed by atoms with E-state index < -0.39 is 0 Å². The fourth-order valence-electron chi connectivity index (χ4n) is 5.03. The quantitative estimate of drug-likeness (QED) is 0.583. The third-order valence-electron chi connectivity index (χ3n) is 6.66. The molecule has 3 aromatic carbocycles. The maximum atomic E-state index is 5.60. The topological polar surface area (TPSA) is 30.8 Å². The molecular formula is C30H29NO2. The third-order valence-corrected chi connectivity index (χ3v) is 6.66. The summed E-state index contributed by atoms with van der Waals surface area (Å²) in [6.45, 7) is 0. The molecule has 0 amide bonds. The van der Waals surface area contributed by atoms with E-state index in [1.807, 2.05) is 24.6 Å². The molecule has 0 saturated carbocycles. The molecular weight excluding hydrogens is 406 g/mol. The molecule has 3 heteroatoms. The average Bonchev–Trinajstić information content (AvgIpc) is 3.13. The second kappa shape index (κ2) is 9.50. The Morgan fingerprint density at radius 2 is 1.70 bits per heavy atom. The molecule has 2 aliphatic carbocycles. The van der Waals surface area contributed by atoms with Gasteiger partial charge in [-0.1, -0.05) is 48.6 Å². The van der Waals surface area contributed by atoms with Crippen molar-refractivity contribution in [3.8, 4) is 11.5 Å². The van der Waals surface area contributed by atoms with Gasteiger partial charge >= 0.3 is 0 Å². The Morgan fingerprint density at radius 3 is 2.58 bits per heavy atom. The van der Waals surface area contributed by atoms with Crippen LogP contribution in [0.5, 0.6) is 11.5 Å². The summed E-state index contributed by atoms with van der Waals surface area (Å²) in [5.41, 5.74) is 5.67. The number of fused-ring (bicyclic) bond motifs is 5. The molecule has 1 heterocycles. The minimum absolute atomic E-state index is 0.798. The first-order valence-electron chi connectivity index (χ1n) is 11.6. The number of benzene rings is 3. The van der Waals surface area contributed by atoms with E-state index in [9.17, 15) is 0 Å². The van der Waals surface area contributed by atoms with Gasteiger partial charge in [-0.25, -0.2) is 0 Å². The first-order chi connectivity index (χ1) is 16.3. The van der Waals surface area contributed by atoms with Crippen LogP contribution in [0.2, 0.25) is 0 Å². The lowest BCUT2D eigenvalue weighted by atomic mass is 9.89. The highest BCUT2D eigenvalue weighted by Gasteiger charge is 2.14. The van der Waals surface area contributed by atoms with Crippen LogP contribution in [-0.2, 0) is 19.3 Å². The zero-order valence-corrected chi connectivity index (χ0v) is 19.3. The fraction of sp³-hybridized carbons (Fsp3) is 0.233. The predicted molar refractivity (Wildman–Crippen MR) is 136 cm³/mol. The Kier molecular flexibility index (Phi) is 6.12. The van der Waals surface area contributed by atoms with Gasteiger partial charge in [0.2, 0.25) is 0 Å². The van der Waals surface area contributed by atoms with Gasteiger partial charge in [-0.05, 0) is 81.8 Å². The van der Waals surface area contributed by atoms with Crippen molar-refractivity contribution in [3.05, 3.63) is 97.9 Å². The van der Waals surface area contributed by atoms with Crippen LogP contribution in [0.25, 0.3) is 18.2 Å². The van der Waals surface area contributed by atoms with E-state index in [2.05, 4.69) is 59.6 Å². The molecule has 0 N–H and O–H groups in total. The lowest BCUT2D eigenvalue weighted by Gasteiger charge is -2.17. The monoisotopic (exact) mass is 435 g/mol. The highest BCUT2D eigenvalue weighted by Crippen LogP contribution is 2.25. The standard InChI is InChI=1S/C20H20O2.C10H9N/c1-21-19-12-11-17-16-8-7-13-5-3-4-6-14(13)15(16)9-10-18(17)20(19)22-2;1-2-4-10-6-8-11-7-5-9(10)3-1/h5,7-8,10-12H,3-4,6,9H2,1-2H3;1-5,7-8H,6H2. The number of methoxy groups -OCH3 is 2. The van der Waals surface area contributed by atoms with Gasteiger partial charge in [0.1, 0.15) is 0 Å². The number of hydrogen-bond acceptors (Lipinski definition) is 3. The largest absolute Gasteiger partial charge is 0.493 e. The second-order valence-electron chi connectivity index (χ2n) is 8.48.